The van der Waals surface area contributed by atoms with Crippen molar-refractivity contribution in [1.29, 1.82) is 0 Å². The highest BCUT2D eigenvalue weighted by Gasteiger charge is 2.27. The summed E-state index contributed by atoms with van der Waals surface area (Å²) >= 11 is 3.50. The van der Waals surface area contributed by atoms with Crippen LogP contribution in [0, 0.1) is 13.8 Å². The summed E-state index contributed by atoms with van der Waals surface area (Å²) < 4.78 is 9.11. The molecule has 2 heterocycles. The van der Waals surface area contributed by atoms with Gasteiger partial charge < -0.3 is 10.1 Å². The first kappa shape index (κ1) is 18.9. The van der Waals surface area contributed by atoms with Crippen molar-refractivity contribution < 1.29 is 4.74 Å². The molecule has 1 aliphatic heterocycles. The minimum absolute atomic E-state index is 0.0542. The maximum absolute atomic E-state index is 5.97. The summed E-state index contributed by atoms with van der Waals surface area (Å²) in [4.78, 5) is 0. The Labute approximate surface area is 184 Å². The van der Waals surface area contributed by atoms with E-state index in [0.717, 1.165) is 32.7 Å². The number of ether oxygens (including phenoxy) is 1. The number of benzene rings is 3. The third-order valence-electron chi connectivity index (χ3n) is 5.42. The van der Waals surface area contributed by atoms with E-state index < -0.39 is 0 Å². The lowest BCUT2D eigenvalue weighted by molar-refractivity contribution is 0.306. The van der Waals surface area contributed by atoms with Crippen LogP contribution in [0.4, 0.5) is 5.69 Å². The van der Waals surface area contributed by atoms with Gasteiger partial charge in [0, 0.05) is 15.7 Å². The van der Waals surface area contributed by atoms with E-state index in [9.17, 15) is 0 Å². The van der Waals surface area contributed by atoms with Crippen molar-refractivity contribution in [1.82, 2.24) is 9.78 Å². The van der Waals surface area contributed by atoms with E-state index in [1.54, 1.807) is 0 Å². The van der Waals surface area contributed by atoms with Gasteiger partial charge in [0.05, 0.1) is 11.4 Å². The van der Waals surface area contributed by atoms with Gasteiger partial charge in [0.1, 0.15) is 18.5 Å². The van der Waals surface area contributed by atoms with Crippen LogP contribution < -0.4 is 10.1 Å². The van der Waals surface area contributed by atoms with E-state index in [1.807, 2.05) is 31.2 Å². The molecule has 0 amide bonds. The number of fused-ring (bicyclic) bond motifs is 3. The predicted octanol–water partition coefficient (Wildman–Crippen LogP) is 6.48. The second kappa shape index (κ2) is 7.65. The quantitative estimate of drug-likeness (QED) is 0.379. The molecule has 0 aliphatic carbocycles. The molecule has 3 aromatic carbocycles. The first-order chi connectivity index (χ1) is 14.6. The normalized spacial score (nSPS) is 14.6. The van der Waals surface area contributed by atoms with E-state index in [2.05, 4.69) is 81.4 Å². The molecular weight excluding hydrogens is 438 g/mol. The molecule has 0 fully saturated rings. The van der Waals surface area contributed by atoms with Gasteiger partial charge in [-0.2, -0.15) is 5.10 Å². The second-order valence-corrected chi connectivity index (χ2v) is 8.56. The summed E-state index contributed by atoms with van der Waals surface area (Å²) in [5.74, 6) is 0.850. The summed E-state index contributed by atoms with van der Waals surface area (Å²) in [6, 6.07) is 25.0. The number of nitrogens with one attached hydrogen (secondary N) is 1. The van der Waals surface area contributed by atoms with Gasteiger partial charge in [-0.3, -0.25) is 0 Å². The molecule has 1 aromatic heterocycles. The third-order valence-corrected chi connectivity index (χ3v) is 5.92. The van der Waals surface area contributed by atoms with Crippen LogP contribution in [-0.4, -0.2) is 9.78 Å². The van der Waals surface area contributed by atoms with Crippen LogP contribution in [0.3, 0.4) is 0 Å². The number of para-hydroxylation sites is 1. The van der Waals surface area contributed by atoms with Gasteiger partial charge in [0.15, 0.2) is 0 Å². The Balaban J connectivity index is 1.41. The average molecular weight is 460 g/mol. The number of aromatic nitrogens is 2. The van der Waals surface area contributed by atoms with Crippen molar-refractivity contribution in [2.75, 3.05) is 5.32 Å². The van der Waals surface area contributed by atoms with Crippen LogP contribution in [0.2, 0.25) is 0 Å². The zero-order valence-corrected chi connectivity index (χ0v) is 18.5. The molecule has 1 N–H and O–H groups in total. The lowest BCUT2D eigenvalue weighted by atomic mass is 10.0. The Morgan fingerprint density at radius 1 is 1.00 bits per heavy atom. The van der Waals surface area contributed by atoms with Crippen LogP contribution in [-0.2, 0) is 6.61 Å². The third kappa shape index (κ3) is 3.50. The van der Waals surface area contributed by atoms with Gasteiger partial charge in [-0.15, -0.1) is 0 Å². The number of rotatable bonds is 4. The van der Waals surface area contributed by atoms with Crippen molar-refractivity contribution >= 4 is 21.6 Å². The summed E-state index contributed by atoms with van der Waals surface area (Å²) in [5, 5.41) is 8.45. The molecule has 30 heavy (non-hydrogen) atoms. The summed E-state index contributed by atoms with van der Waals surface area (Å²) in [6.07, 6.45) is -0.0542. The molecule has 4 nitrogen and oxygen atoms in total. The SMILES string of the molecule is Cc1cc2n(n1)C(c1ccc(OCc3cccc(Br)c3)cc1)Nc1c(C)cccc1-2. The first-order valence-electron chi connectivity index (χ1n) is 9.98. The molecule has 0 saturated carbocycles. The maximum Gasteiger partial charge on any atom is 0.147 e. The monoisotopic (exact) mass is 459 g/mol. The summed E-state index contributed by atoms with van der Waals surface area (Å²) in [7, 11) is 0. The molecule has 5 rings (SSSR count). The van der Waals surface area contributed by atoms with E-state index in [4.69, 9.17) is 9.84 Å². The Morgan fingerprint density at radius 2 is 1.80 bits per heavy atom. The van der Waals surface area contributed by atoms with Gasteiger partial charge in [0.2, 0.25) is 0 Å². The fourth-order valence-corrected chi connectivity index (χ4v) is 4.40. The Hall–Kier alpha value is -3.05. The van der Waals surface area contributed by atoms with E-state index in [-0.39, 0.29) is 6.17 Å². The van der Waals surface area contributed by atoms with Crippen LogP contribution in [0.5, 0.6) is 5.75 Å². The van der Waals surface area contributed by atoms with Crippen molar-refractivity contribution in [2.45, 2.75) is 26.6 Å². The van der Waals surface area contributed by atoms with Gasteiger partial charge >= 0.3 is 0 Å². The van der Waals surface area contributed by atoms with Crippen LogP contribution in [0.25, 0.3) is 11.3 Å². The van der Waals surface area contributed by atoms with Crippen molar-refractivity contribution in [2.24, 2.45) is 0 Å². The molecular formula is C25H22BrN3O. The Kier molecular flexibility index (Phi) is 4.83. The van der Waals surface area contributed by atoms with Crippen molar-refractivity contribution in [3.8, 4) is 17.0 Å². The van der Waals surface area contributed by atoms with E-state index >= 15 is 0 Å². The smallest absolute Gasteiger partial charge is 0.147 e. The zero-order chi connectivity index (χ0) is 20.7. The van der Waals surface area contributed by atoms with Gasteiger partial charge in [-0.25, -0.2) is 4.68 Å². The number of hydrogen-bond acceptors (Lipinski definition) is 3. The summed E-state index contributed by atoms with van der Waals surface area (Å²) in [6.45, 7) is 4.72. The predicted molar refractivity (Wildman–Crippen MR) is 124 cm³/mol. The zero-order valence-electron chi connectivity index (χ0n) is 16.9. The molecule has 0 radical (unpaired) electrons. The second-order valence-electron chi connectivity index (χ2n) is 7.65. The lowest BCUT2D eigenvalue weighted by Crippen LogP contribution is -2.26. The standard InChI is InChI=1S/C25H22BrN3O/c1-16-5-3-8-22-23-13-17(2)28-29(23)25(27-24(16)22)19-9-11-21(12-10-19)30-15-18-6-4-7-20(26)14-18/h3-14,25,27H,15H2,1-2H3. The minimum Gasteiger partial charge on any atom is -0.489 e. The van der Waals surface area contributed by atoms with Crippen LogP contribution >= 0.6 is 15.9 Å². The topological polar surface area (TPSA) is 39.1 Å². The minimum atomic E-state index is -0.0542. The molecule has 1 atom stereocenters. The van der Waals surface area contributed by atoms with Gasteiger partial charge in [0.25, 0.3) is 0 Å². The number of nitrogens with zero attached hydrogens (tertiary/aromatic N) is 2. The van der Waals surface area contributed by atoms with Crippen molar-refractivity contribution in [3.05, 3.63) is 99.7 Å². The van der Waals surface area contributed by atoms with Crippen LogP contribution in [0.15, 0.2) is 77.3 Å². The Morgan fingerprint density at radius 3 is 2.60 bits per heavy atom. The van der Waals surface area contributed by atoms with E-state index in [0.29, 0.717) is 6.61 Å². The highest BCUT2D eigenvalue weighted by atomic mass is 79.9. The number of hydrogen-bond donors (Lipinski definition) is 1. The highest BCUT2D eigenvalue weighted by Crippen LogP contribution is 2.40. The molecule has 4 aromatic rings. The average Bonchev–Trinajstić information content (AvgIpc) is 3.14. The summed E-state index contributed by atoms with van der Waals surface area (Å²) in [5.41, 5.74) is 8.03. The Bertz CT molecular complexity index is 1210. The largest absolute Gasteiger partial charge is 0.489 e. The molecule has 0 bridgehead atoms. The molecule has 5 heteroatoms. The fourth-order valence-electron chi connectivity index (χ4n) is 3.95. The van der Waals surface area contributed by atoms with Crippen LogP contribution in [0.1, 0.15) is 28.6 Å². The fraction of sp³-hybridized carbons (Fsp3) is 0.160. The first-order valence-corrected chi connectivity index (χ1v) is 10.8. The molecule has 1 unspecified atom stereocenters. The van der Waals surface area contributed by atoms with E-state index in [1.165, 1.54) is 16.8 Å². The molecule has 1 aliphatic rings. The number of aryl methyl sites for hydroxylation is 2. The maximum atomic E-state index is 5.97. The molecule has 0 spiro atoms. The molecule has 150 valence electrons. The number of anilines is 1. The number of halogens is 1. The molecule has 0 saturated heterocycles. The van der Waals surface area contributed by atoms with Gasteiger partial charge in [-0.05, 0) is 60.9 Å². The lowest BCUT2D eigenvalue weighted by Gasteiger charge is -2.30. The highest BCUT2D eigenvalue weighted by molar-refractivity contribution is 9.10. The van der Waals surface area contributed by atoms with Gasteiger partial charge in [-0.1, -0.05) is 58.4 Å². The van der Waals surface area contributed by atoms with Crippen molar-refractivity contribution in [3.63, 3.8) is 0 Å².